The highest BCUT2D eigenvalue weighted by molar-refractivity contribution is 5.91. The van der Waals surface area contributed by atoms with E-state index in [1.54, 1.807) is 24.3 Å². The van der Waals surface area contributed by atoms with E-state index in [1.165, 1.54) is 0 Å². The molecule has 1 aromatic carbocycles. The quantitative estimate of drug-likeness (QED) is 0.353. The normalized spacial score (nSPS) is 10.6. The SMILES string of the molecule is COC(=O)CC(CC(=O)OC)(NNC(=O)Cc1ccccc1)C(=O)OC. The summed E-state index contributed by atoms with van der Waals surface area (Å²) in [5.41, 5.74) is 3.69. The van der Waals surface area contributed by atoms with Crippen LogP contribution in [0.3, 0.4) is 0 Å². The van der Waals surface area contributed by atoms with E-state index in [9.17, 15) is 19.2 Å². The number of amides is 1. The molecule has 0 fully saturated rings. The van der Waals surface area contributed by atoms with Crippen LogP contribution in [0.1, 0.15) is 18.4 Å². The first kappa shape index (κ1) is 21.1. The highest BCUT2D eigenvalue weighted by Crippen LogP contribution is 2.19. The first-order valence-electron chi connectivity index (χ1n) is 7.69. The molecular formula is C17H22N2O7. The minimum Gasteiger partial charge on any atom is -0.469 e. The molecule has 142 valence electrons. The number of methoxy groups -OCH3 is 3. The molecule has 0 saturated heterocycles. The van der Waals surface area contributed by atoms with Crippen LogP contribution in [0.15, 0.2) is 30.3 Å². The van der Waals surface area contributed by atoms with Crippen molar-refractivity contribution in [2.75, 3.05) is 21.3 Å². The Labute approximate surface area is 151 Å². The monoisotopic (exact) mass is 366 g/mol. The summed E-state index contributed by atoms with van der Waals surface area (Å²) in [7, 11) is 3.37. The molecule has 0 bridgehead atoms. The molecule has 0 aliphatic heterocycles. The zero-order valence-corrected chi connectivity index (χ0v) is 14.9. The van der Waals surface area contributed by atoms with Crippen molar-refractivity contribution in [3.05, 3.63) is 35.9 Å². The molecule has 1 rings (SSSR count). The number of hydrazine groups is 1. The Bertz CT molecular complexity index is 628. The first-order valence-corrected chi connectivity index (χ1v) is 7.69. The fourth-order valence-electron chi connectivity index (χ4n) is 2.19. The highest BCUT2D eigenvalue weighted by atomic mass is 16.5. The predicted molar refractivity (Wildman–Crippen MR) is 89.4 cm³/mol. The fourth-order valence-corrected chi connectivity index (χ4v) is 2.19. The molecule has 26 heavy (non-hydrogen) atoms. The summed E-state index contributed by atoms with van der Waals surface area (Å²) in [5, 5.41) is 0. The lowest BCUT2D eigenvalue weighted by Gasteiger charge is -2.30. The van der Waals surface area contributed by atoms with Gasteiger partial charge in [-0.25, -0.2) is 10.2 Å². The smallest absolute Gasteiger partial charge is 0.329 e. The Balaban J connectivity index is 2.94. The lowest BCUT2D eigenvalue weighted by Crippen LogP contribution is -2.61. The number of esters is 3. The number of benzene rings is 1. The molecule has 0 radical (unpaired) electrons. The predicted octanol–water partition coefficient (Wildman–Crippen LogP) is -0.112. The van der Waals surface area contributed by atoms with Crippen molar-refractivity contribution in [2.24, 2.45) is 0 Å². The molecule has 0 aliphatic rings. The van der Waals surface area contributed by atoms with Crippen LogP contribution >= 0.6 is 0 Å². The number of hydrogen-bond acceptors (Lipinski definition) is 8. The number of carbonyl (C=O) groups excluding carboxylic acids is 4. The molecule has 0 aromatic heterocycles. The largest absolute Gasteiger partial charge is 0.469 e. The van der Waals surface area contributed by atoms with Crippen molar-refractivity contribution < 1.29 is 33.4 Å². The molecule has 0 aliphatic carbocycles. The summed E-state index contributed by atoms with van der Waals surface area (Å²) in [6, 6.07) is 8.90. The van der Waals surface area contributed by atoms with Crippen LogP contribution in [-0.2, 0) is 39.8 Å². The van der Waals surface area contributed by atoms with E-state index in [4.69, 9.17) is 0 Å². The summed E-state index contributed by atoms with van der Waals surface area (Å²) >= 11 is 0. The maximum atomic E-state index is 12.3. The zero-order valence-electron chi connectivity index (χ0n) is 14.9. The Kier molecular flexibility index (Phi) is 8.23. The maximum absolute atomic E-state index is 12.3. The molecule has 9 nitrogen and oxygen atoms in total. The number of ether oxygens (including phenoxy) is 3. The van der Waals surface area contributed by atoms with Gasteiger partial charge in [0.25, 0.3) is 0 Å². The second-order valence-corrected chi connectivity index (χ2v) is 5.42. The van der Waals surface area contributed by atoms with Crippen molar-refractivity contribution in [1.29, 1.82) is 0 Å². The van der Waals surface area contributed by atoms with Gasteiger partial charge in [0.05, 0.1) is 40.6 Å². The molecular weight excluding hydrogens is 344 g/mol. The fraction of sp³-hybridized carbons (Fsp3) is 0.412. The second-order valence-electron chi connectivity index (χ2n) is 5.42. The standard InChI is InChI=1S/C17H22N2O7/c1-24-14(21)10-17(16(23)26-3,11-15(22)25-2)19-18-13(20)9-12-7-5-4-6-8-12/h4-8,19H,9-11H2,1-3H3,(H,18,20). The van der Waals surface area contributed by atoms with E-state index in [1.807, 2.05) is 6.07 Å². The van der Waals surface area contributed by atoms with Gasteiger partial charge in [-0.05, 0) is 5.56 Å². The number of rotatable bonds is 9. The van der Waals surface area contributed by atoms with Gasteiger partial charge in [-0.1, -0.05) is 30.3 Å². The van der Waals surface area contributed by atoms with E-state index in [0.29, 0.717) is 0 Å². The van der Waals surface area contributed by atoms with Gasteiger partial charge >= 0.3 is 17.9 Å². The lowest BCUT2D eigenvalue weighted by molar-refractivity contribution is -0.160. The van der Waals surface area contributed by atoms with Crippen molar-refractivity contribution in [3.63, 3.8) is 0 Å². The summed E-state index contributed by atoms with van der Waals surface area (Å²) in [4.78, 5) is 47.8. The second kappa shape index (κ2) is 10.1. The first-order chi connectivity index (χ1) is 12.4. The van der Waals surface area contributed by atoms with Crippen LogP contribution in [0.2, 0.25) is 0 Å². The van der Waals surface area contributed by atoms with Gasteiger partial charge in [0.2, 0.25) is 5.91 Å². The molecule has 2 N–H and O–H groups in total. The van der Waals surface area contributed by atoms with Crippen molar-refractivity contribution in [1.82, 2.24) is 10.9 Å². The van der Waals surface area contributed by atoms with Gasteiger partial charge in [-0.2, -0.15) is 0 Å². The van der Waals surface area contributed by atoms with Crippen LogP contribution in [0.4, 0.5) is 0 Å². The van der Waals surface area contributed by atoms with Gasteiger partial charge in [0, 0.05) is 0 Å². The van der Waals surface area contributed by atoms with Crippen molar-refractivity contribution in [2.45, 2.75) is 24.8 Å². The molecule has 0 saturated carbocycles. The minimum atomic E-state index is -1.86. The minimum absolute atomic E-state index is 0.0293. The number of nitrogens with one attached hydrogen (secondary N) is 2. The number of hydrogen-bond donors (Lipinski definition) is 2. The molecule has 1 aromatic rings. The average molecular weight is 366 g/mol. The third-order valence-corrected chi connectivity index (χ3v) is 3.57. The van der Waals surface area contributed by atoms with E-state index in [2.05, 4.69) is 25.1 Å². The Morgan fingerprint density at radius 2 is 1.42 bits per heavy atom. The third-order valence-electron chi connectivity index (χ3n) is 3.57. The summed E-state index contributed by atoms with van der Waals surface area (Å²) < 4.78 is 13.8. The molecule has 1 amide bonds. The van der Waals surface area contributed by atoms with Gasteiger partial charge in [0.15, 0.2) is 5.54 Å². The Morgan fingerprint density at radius 3 is 1.88 bits per heavy atom. The molecule has 9 heteroatoms. The lowest BCUT2D eigenvalue weighted by atomic mass is 9.92. The van der Waals surface area contributed by atoms with Crippen molar-refractivity contribution in [3.8, 4) is 0 Å². The average Bonchev–Trinajstić information content (AvgIpc) is 2.65. The molecule has 0 spiro atoms. The number of carbonyl (C=O) groups is 4. The topological polar surface area (TPSA) is 120 Å². The van der Waals surface area contributed by atoms with E-state index >= 15 is 0 Å². The van der Waals surface area contributed by atoms with Gasteiger partial charge < -0.3 is 14.2 Å². The summed E-state index contributed by atoms with van der Waals surface area (Å²) in [6.45, 7) is 0. The van der Waals surface area contributed by atoms with Crippen LogP contribution < -0.4 is 10.9 Å². The van der Waals surface area contributed by atoms with Crippen molar-refractivity contribution >= 4 is 23.8 Å². The summed E-state index contributed by atoms with van der Waals surface area (Å²) in [5.74, 6) is -2.94. The highest BCUT2D eigenvalue weighted by Gasteiger charge is 2.45. The Morgan fingerprint density at radius 1 is 0.885 bits per heavy atom. The maximum Gasteiger partial charge on any atom is 0.329 e. The van der Waals surface area contributed by atoms with Crippen LogP contribution in [0, 0.1) is 0 Å². The van der Waals surface area contributed by atoms with E-state index in [-0.39, 0.29) is 6.42 Å². The molecule has 0 unspecified atom stereocenters. The van der Waals surface area contributed by atoms with Crippen LogP contribution in [-0.4, -0.2) is 50.7 Å². The van der Waals surface area contributed by atoms with E-state index < -0.39 is 42.2 Å². The Hall–Kier alpha value is -2.94. The molecule has 0 atom stereocenters. The van der Waals surface area contributed by atoms with Gasteiger partial charge in [-0.15, -0.1) is 0 Å². The van der Waals surface area contributed by atoms with Crippen LogP contribution in [0.25, 0.3) is 0 Å². The van der Waals surface area contributed by atoms with E-state index in [0.717, 1.165) is 26.9 Å². The molecule has 0 heterocycles. The third kappa shape index (κ3) is 6.17. The van der Waals surface area contributed by atoms with Gasteiger partial charge in [-0.3, -0.25) is 19.8 Å². The summed E-state index contributed by atoms with van der Waals surface area (Å²) in [6.07, 6.45) is -1.06. The van der Waals surface area contributed by atoms with Gasteiger partial charge in [0.1, 0.15) is 0 Å². The van der Waals surface area contributed by atoms with Crippen LogP contribution in [0.5, 0.6) is 0 Å². The zero-order chi connectivity index (χ0) is 19.6.